The maximum absolute atomic E-state index is 12.9. The standard InChI is InChI=1S/C29H32Cl2N2O5S/c1-4-5-6-7-12-38-13-11-19-9-8-10-21(26(19)37-3)25-17-39-29(32-25)33-27(34)20-15-23(30)22(24(31)16-20)14-18(2)28(35)36/h8-10,14-17H,4-7,11-13H2,1-3H3,(H,35,36)(H,32,33,34). The number of rotatable bonds is 14. The van der Waals surface area contributed by atoms with E-state index in [4.69, 9.17) is 37.8 Å². The van der Waals surface area contributed by atoms with E-state index in [1.54, 1.807) is 7.11 Å². The third kappa shape index (κ3) is 8.54. The highest BCUT2D eigenvalue weighted by Crippen LogP contribution is 2.35. The Labute approximate surface area is 242 Å². The number of nitrogens with zero attached hydrogens (tertiary/aromatic N) is 1. The number of aromatic nitrogens is 1. The molecule has 3 rings (SSSR count). The average Bonchev–Trinajstić information content (AvgIpc) is 3.37. The summed E-state index contributed by atoms with van der Waals surface area (Å²) in [5.41, 5.74) is 3.15. The van der Waals surface area contributed by atoms with Crippen molar-refractivity contribution in [1.82, 2.24) is 4.98 Å². The quantitative estimate of drug-likeness (QED) is 0.146. The Morgan fingerprint density at radius 1 is 1.13 bits per heavy atom. The molecule has 0 saturated carbocycles. The number of unbranched alkanes of at least 4 members (excludes halogenated alkanes) is 3. The number of methoxy groups -OCH3 is 1. The van der Waals surface area contributed by atoms with Gasteiger partial charge >= 0.3 is 5.97 Å². The highest BCUT2D eigenvalue weighted by molar-refractivity contribution is 7.14. The molecule has 0 aliphatic carbocycles. The molecule has 0 fully saturated rings. The largest absolute Gasteiger partial charge is 0.496 e. The summed E-state index contributed by atoms with van der Waals surface area (Å²) in [6, 6.07) is 8.78. The summed E-state index contributed by atoms with van der Waals surface area (Å²) in [6.45, 7) is 4.99. The fourth-order valence-corrected chi connectivity index (χ4v) is 5.20. The van der Waals surface area contributed by atoms with E-state index in [1.807, 2.05) is 23.6 Å². The van der Waals surface area contributed by atoms with Crippen LogP contribution in [0, 0.1) is 0 Å². The molecule has 0 spiro atoms. The lowest BCUT2D eigenvalue weighted by molar-refractivity contribution is -0.132. The Kier molecular flexibility index (Phi) is 11.8. The van der Waals surface area contributed by atoms with Crippen LogP contribution in [0.15, 0.2) is 41.3 Å². The minimum atomic E-state index is -1.09. The molecule has 10 heteroatoms. The van der Waals surface area contributed by atoms with Crippen molar-refractivity contribution in [2.45, 2.75) is 46.0 Å². The van der Waals surface area contributed by atoms with Crippen LogP contribution in [0.25, 0.3) is 17.3 Å². The molecule has 39 heavy (non-hydrogen) atoms. The number of nitrogens with one attached hydrogen (secondary N) is 1. The number of amides is 1. The lowest BCUT2D eigenvalue weighted by Crippen LogP contribution is -2.12. The summed E-state index contributed by atoms with van der Waals surface area (Å²) in [4.78, 5) is 28.6. The zero-order valence-corrected chi connectivity index (χ0v) is 24.5. The minimum absolute atomic E-state index is 0.0701. The van der Waals surface area contributed by atoms with Gasteiger partial charge < -0.3 is 14.6 Å². The van der Waals surface area contributed by atoms with Gasteiger partial charge in [-0.3, -0.25) is 10.1 Å². The maximum atomic E-state index is 12.9. The first-order valence-electron chi connectivity index (χ1n) is 12.7. The van der Waals surface area contributed by atoms with Crippen LogP contribution in [0.3, 0.4) is 0 Å². The number of thiazole rings is 1. The number of benzene rings is 2. The predicted octanol–water partition coefficient (Wildman–Crippen LogP) is 8.01. The Morgan fingerprint density at radius 2 is 1.87 bits per heavy atom. The van der Waals surface area contributed by atoms with Gasteiger partial charge in [0.2, 0.25) is 0 Å². The van der Waals surface area contributed by atoms with Crippen molar-refractivity contribution in [3.05, 3.63) is 68.0 Å². The molecule has 208 valence electrons. The molecule has 3 aromatic rings. The molecule has 0 radical (unpaired) electrons. The summed E-state index contributed by atoms with van der Waals surface area (Å²) in [6.07, 6.45) is 6.78. The van der Waals surface area contributed by atoms with Gasteiger partial charge in [0.1, 0.15) is 5.75 Å². The predicted molar refractivity (Wildman–Crippen MR) is 158 cm³/mol. The molecule has 0 atom stereocenters. The molecule has 1 aromatic heterocycles. The van der Waals surface area contributed by atoms with Gasteiger partial charge in [-0.05, 0) is 49.6 Å². The molecule has 0 unspecified atom stereocenters. The zero-order chi connectivity index (χ0) is 28.4. The molecule has 1 amide bonds. The molecule has 7 nitrogen and oxygen atoms in total. The van der Waals surface area contributed by atoms with Crippen LogP contribution in [-0.4, -0.2) is 42.3 Å². The van der Waals surface area contributed by atoms with Crippen LogP contribution < -0.4 is 10.1 Å². The molecule has 2 N–H and O–H groups in total. The van der Waals surface area contributed by atoms with E-state index in [-0.39, 0.29) is 21.2 Å². The highest BCUT2D eigenvalue weighted by atomic mass is 35.5. The number of ether oxygens (including phenoxy) is 2. The summed E-state index contributed by atoms with van der Waals surface area (Å²) < 4.78 is 11.5. The number of hydrogen-bond donors (Lipinski definition) is 2. The number of aliphatic carboxylic acids is 1. The van der Waals surface area contributed by atoms with Crippen LogP contribution in [0.2, 0.25) is 10.0 Å². The number of anilines is 1. The van der Waals surface area contributed by atoms with Gasteiger partial charge in [0.15, 0.2) is 5.13 Å². The molecule has 0 saturated heterocycles. The van der Waals surface area contributed by atoms with Crippen molar-refractivity contribution >= 4 is 57.6 Å². The smallest absolute Gasteiger partial charge is 0.331 e. The van der Waals surface area contributed by atoms with Crippen LogP contribution in [0.4, 0.5) is 5.13 Å². The van der Waals surface area contributed by atoms with E-state index in [0.717, 1.165) is 36.3 Å². The monoisotopic (exact) mass is 590 g/mol. The molecule has 2 aromatic carbocycles. The number of hydrogen-bond acceptors (Lipinski definition) is 6. The van der Waals surface area contributed by atoms with Crippen molar-refractivity contribution in [3.8, 4) is 17.0 Å². The average molecular weight is 592 g/mol. The van der Waals surface area contributed by atoms with Crippen LogP contribution >= 0.6 is 34.5 Å². The normalized spacial score (nSPS) is 11.5. The van der Waals surface area contributed by atoms with Crippen LogP contribution in [-0.2, 0) is 16.0 Å². The Hall–Kier alpha value is -2.91. The summed E-state index contributed by atoms with van der Waals surface area (Å²) >= 11 is 13.9. The van der Waals surface area contributed by atoms with Gasteiger partial charge in [-0.2, -0.15) is 0 Å². The summed E-state index contributed by atoms with van der Waals surface area (Å²) in [7, 11) is 1.63. The SMILES string of the molecule is CCCCCCOCCc1cccc(-c2csc(NC(=O)c3cc(Cl)c(C=C(C)C(=O)O)c(Cl)c3)n2)c1OC. The highest BCUT2D eigenvalue weighted by Gasteiger charge is 2.17. The van der Waals surface area contributed by atoms with E-state index >= 15 is 0 Å². The van der Waals surface area contributed by atoms with E-state index in [1.165, 1.54) is 55.7 Å². The number of carbonyl (C=O) groups is 2. The molecule has 0 aliphatic rings. The van der Waals surface area contributed by atoms with Crippen molar-refractivity contribution < 1.29 is 24.2 Å². The molecular formula is C29H32Cl2N2O5S. The first-order chi connectivity index (χ1) is 18.7. The lowest BCUT2D eigenvalue weighted by Gasteiger charge is -2.13. The topological polar surface area (TPSA) is 97.8 Å². The summed E-state index contributed by atoms with van der Waals surface area (Å²) in [5.74, 6) is -0.798. The number of halogens is 2. The number of carbonyl (C=O) groups excluding carboxylic acids is 1. The van der Waals surface area contributed by atoms with Gasteiger partial charge in [-0.15, -0.1) is 11.3 Å². The molecular weight excluding hydrogens is 559 g/mol. The third-order valence-corrected chi connectivity index (χ3v) is 7.38. The number of carboxylic acids is 1. The first-order valence-corrected chi connectivity index (χ1v) is 14.3. The third-order valence-electron chi connectivity index (χ3n) is 6.00. The fraction of sp³-hybridized carbons (Fsp3) is 0.345. The lowest BCUT2D eigenvalue weighted by atomic mass is 10.0. The second-order valence-corrected chi connectivity index (χ2v) is 10.6. The van der Waals surface area contributed by atoms with Gasteiger partial charge in [0.25, 0.3) is 5.91 Å². The minimum Gasteiger partial charge on any atom is -0.496 e. The fourth-order valence-electron chi connectivity index (χ4n) is 3.90. The molecule has 0 aliphatic heterocycles. The summed E-state index contributed by atoms with van der Waals surface area (Å²) in [5, 5.41) is 14.5. The van der Waals surface area contributed by atoms with Crippen molar-refractivity contribution in [3.63, 3.8) is 0 Å². The van der Waals surface area contributed by atoms with Gasteiger partial charge in [0, 0.05) is 34.3 Å². The number of para-hydroxylation sites is 1. The van der Waals surface area contributed by atoms with Crippen molar-refractivity contribution in [2.24, 2.45) is 0 Å². The van der Waals surface area contributed by atoms with Crippen LogP contribution in [0.1, 0.15) is 61.0 Å². The molecule has 0 bridgehead atoms. The van der Waals surface area contributed by atoms with E-state index in [9.17, 15) is 9.59 Å². The Morgan fingerprint density at radius 3 is 2.54 bits per heavy atom. The number of carboxylic acid groups (broad SMARTS) is 1. The second kappa shape index (κ2) is 15.0. The Balaban J connectivity index is 1.70. The van der Waals surface area contributed by atoms with E-state index < -0.39 is 11.9 Å². The first kappa shape index (κ1) is 30.6. The maximum Gasteiger partial charge on any atom is 0.331 e. The second-order valence-electron chi connectivity index (χ2n) is 8.90. The van der Waals surface area contributed by atoms with E-state index in [0.29, 0.717) is 23.0 Å². The Bertz CT molecular complexity index is 1320. The van der Waals surface area contributed by atoms with Gasteiger partial charge in [0.05, 0.1) is 29.5 Å². The van der Waals surface area contributed by atoms with Crippen molar-refractivity contribution in [1.29, 1.82) is 0 Å². The van der Waals surface area contributed by atoms with Gasteiger partial charge in [-0.25, -0.2) is 9.78 Å². The van der Waals surface area contributed by atoms with Crippen LogP contribution in [0.5, 0.6) is 5.75 Å². The molecule has 1 heterocycles. The van der Waals surface area contributed by atoms with E-state index in [2.05, 4.69) is 17.2 Å². The van der Waals surface area contributed by atoms with Crippen molar-refractivity contribution in [2.75, 3.05) is 25.6 Å². The zero-order valence-electron chi connectivity index (χ0n) is 22.2. The van der Waals surface area contributed by atoms with Gasteiger partial charge in [-0.1, -0.05) is 61.5 Å².